The van der Waals surface area contributed by atoms with E-state index in [1.807, 2.05) is 0 Å². The summed E-state index contributed by atoms with van der Waals surface area (Å²) in [6.45, 7) is 2.17. The summed E-state index contributed by atoms with van der Waals surface area (Å²) in [6.07, 6.45) is 8.45. The van der Waals surface area contributed by atoms with E-state index in [9.17, 15) is 19.8 Å². The Kier molecular flexibility index (Phi) is 7.51. The van der Waals surface area contributed by atoms with Crippen LogP contribution in [-0.2, 0) is 6.42 Å². The summed E-state index contributed by atoms with van der Waals surface area (Å²) in [7, 11) is 0. The molecule has 0 aliphatic carbocycles. The third-order valence-corrected chi connectivity index (χ3v) is 3.62. The molecule has 1 aromatic carbocycles. The molecule has 0 heterocycles. The molecular formula is C17H22O4-2. The Morgan fingerprint density at radius 2 is 1.52 bits per heavy atom. The van der Waals surface area contributed by atoms with Crippen LogP contribution in [0.4, 0.5) is 0 Å². The fourth-order valence-corrected chi connectivity index (χ4v) is 2.49. The van der Waals surface area contributed by atoms with Crippen molar-refractivity contribution in [2.24, 2.45) is 0 Å². The third kappa shape index (κ3) is 5.58. The molecule has 21 heavy (non-hydrogen) atoms. The van der Waals surface area contributed by atoms with Crippen LogP contribution in [0.25, 0.3) is 0 Å². The number of carboxylic acid groups (broad SMARTS) is 2. The van der Waals surface area contributed by atoms with Gasteiger partial charge in [0, 0.05) is 11.1 Å². The van der Waals surface area contributed by atoms with Crippen molar-refractivity contribution in [3.8, 4) is 0 Å². The van der Waals surface area contributed by atoms with Gasteiger partial charge in [0.2, 0.25) is 0 Å². The number of hydrogen-bond acceptors (Lipinski definition) is 4. The van der Waals surface area contributed by atoms with E-state index in [0.717, 1.165) is 19.3 Å². The number of rotatable bonds is 10. The highest BCUT2D eigenvalue weighted by Crippen LogP contribution is 2.17. The minimum atomic E-state index is -1.48. The molecule has 0 spiro atoms. The number of carbonyl (C=O) groups is 2. The van der Waals surface area contributed by atoms with Crippen LogP contribution >= 0.6 is 0 Å². The Balaban J connectivity index is 2.57. The Morgan fingerprint density at radius 1 is 0.905 bits per heavy atom. The van der Waals surface area contributed by atoms with Gasteiger partial charge in [-0.2, -0.15) is 0 Å². The highest BCUT2D eigenvalue weighted by Gasteiger charge is 2.10. The van der Waals surface area contributed by atoms with Gasteiger partial charge in [0.05, 0.1) is 11.9 Å². The maximum atomic E-state index is 11.2. The van der Waals surface area contributed by atoms with Crippen molar-refractivity contribution in [2.45, 2.75) is 58.3 Å². The second kappa shape index (κ2) is 9.16. The lowest BCUT2D eigenvalue weighted by Gasteiger charge is -2.16. The van der Waals surface area contributed by atoms with Gasteiger partial charge in [0.1, 0.15) is 0 Å². The van der Waals surface area contributed by atoms with Gasteiger partial charge in [-0.05, 0) is 18.4 Å². The first kappa shape index (κ1) is 17.2. The Bertz CT molecular complexity index is 480. The van der Waals surface area contributed by atoms with Gasteiger partial charge in [-0.25, -0.2) is 0 Å². The third-order valence-electron chi connectivity index (χ3n) is 3.62. The first-order valence-corrected chi connectivity index (χ1v) is 7.62. The molecule has 1 rings (SSSR count). The van der Waals surface area contributed by atoms with Crippen molar-refractivity contribution in [1.82, 2.24) is 0 Å². The monoisotopic (exact) mass is 290 g/mol. The van der Waals surface area contributed by atoms with E-state index < -0.39 is 11.9 Å². The number of unbranched alkanes of at least 4 members (excludes halogenated alkanes) is 6. The lowest BCUT2D eigenvalue weighted by atomic mass is 9.96. The highest BCUT2D eigenvalue weighted by molar-refractivity contribution is 6.01. The molecule has 4 heteroatoms. The number of benzene rings is 1. The smallest absolute Gasteiger partial charge is 0.0724 e. The van der Waals surface area contributed by atoms with Crippen LogP contribution in [0.15, 0.2) is 18.2 Å². The molecule has 0 amide bonds. The largest absolute Gasteiger partial charge is 0.545 e. The number of carboxylic acids is 2. The van der Waals surface area contributed by atoms with Gasteiger partial charge >= 0.3 is 0 Å². The molecule has 0 radical (unpaired) electrons. The molecule has 0 N–H and O–H groups in total. The van der Waals surface area contributed by atoms with Crippen LogP contribution in [-0.4, -0.2) is 11.9 Å². The summed E-state index contributed by atoms with van der Waals surface area (Å²) in [6, 6.07) is 4.44. The molecule has 0 aromatic heterocycles. The minimum absolute atomic E-state index is 0.233. The molecular weight excluding hydrogens is 268 g/mol. The average molecular weight is 290 g/mol. The van der Waals surface area contributed by atoms with Gasteiger partial charge in [0.25, 0.3) is 0 Å². The SMILES string of the molecule is CCCCCCCCCc1cccc(C(=O)[O-])c1C(=O)[O-]. The molecule has 0 atom stereocenters. The van der Waals surface area contributed by atoms with Crippen LogP contribution < -0.4 is 10.2 Å². The van der Waals surface area contributed by atoms with E-state index in [2.05, 4.69) is 6.92 Å². The van der Waals surface area contributed by atoms with Gasteiger partial charge in [-0.3, -0.25) is 0 Å². The Morgan fingerprint density at radius 3 is 2.10 bits per heavy atom. The molecule has 0 saturated carbocycles. The molecule has 4 nitrogen and oxygen atoms in total. The summed E-state index contributed by atoms with van der Waals surface area (Å²) in [4.78, 5) is 22.1. The van der Waals surface area contributed by atoms with Gasteiger partial charge < -0.3 is 19.8 Å². The van der Waals surface area contributed by atoms with E-state index in [-0.39, 0.29) is 11.1 Å². The molecule has 0 aliphatic heterocycles. The van der Waals surface area contributed by atoms with Crippen molar-refractivity contribution in [3.05, 3.63) is 34.9 Å². The summed E-state index contributed by atoms with van der Waals surface area (Å²) in [5.41, 5.74) is -0.0100. The summed E-state index contributed by atoms with van der Waals surface area (Å²) >= 11 is 0. The maximum Gasteiger partial charge on any atom is 0.0724 e. The van der Waals surface area contributed by atoms with E-state index >= 15 is 0 Å². The number of carbonyl (C=O) groups excluding carboxylic acids is 2. The van der Waals surface area contributed by atoms with E-state index in [1.54, 1.807) is 12.1 Å². The Labute approximate surface area is 125 Å². The van der Waals surface area contributed by atoms with Gasteiger partial charge in [-0.15, -0.1) is 0 Å². The fourth-order valence-electron chi connectivity index (χ4n) is 2.49. The zero-order chi connectivity index (χ0) is 15.7. The topological polar surface area (TPSA) is 80.3 Å². The van der Waals surface area contributed by atoms with Crippen molar-refractivity contribution in [2.75, 3.05) is 0 Å². The van der Waals surface area contributed by atoms with Crippen LogP contribution in [0.1, 0.15) is 78.1 Å². The second-order valence-corrected chi connectivity index (χ2v) is 5.29. The predicted molar refractivity (Wildman–Crippen MR) is 76.8 cm³/mol. The van der Waals surface area contributed by atoms with Crippen molar-refractivity contribution >= 4 is 11.9 Å². The normalized spacial score (nSPS) is 10.5. The minimum Gasteiger partial charge on any atom is -0.545 e. The second-order valence-electron chi connectivity index (χ2n) is 5.29. The number of aryl methyl sites for hydroxylation is 1. The average Bonchev–Trinajstić information content (AvgIpc) is 2.45. The lowest BCUT2D eigenvalue weighted by Crippen LogP contribution is -2.31. The van der Waals surface area contributed by atoms with E-state index in [1.165, 1.54) is 31.7 Å². The van der Waals surface area contributed by atoms with Crippen molar-refractivity contribution in [1.29, 1.82) is 0 Å². The summed E-state index contributed by atoms with van der Waals surface area (Å²) < 4.78 is 0. The number of hydrogen-bond donors (Lipinski definition) is 0. The van der Waals surface area contributed by atoms with Crippen molar-refractivity contribution < 1.29 is 19.8 Å². The Hall–Kier alpha value is -1.84. The van der Waals surface area contributed by atoms with E-state index in [4.69, 9.17) is 0 Å². The first-order valence-electron chi connectivity index (χ1n) is 7.62. The highest BCUT2D eigenvalue weighted by atomic mass is 16.4. The quantitative estimate of drug-likeness (QED) is 0.614. The molecule has 0 fully saturated rings. The van der Waals surface area contributed by atoms with Crippen molar-refractivity contribution in [3.63, 3.8) is 0 Å². The zero-order valence-corrected chi connectivity index (χ0v) is 12.5. The molecule has 0 aliphatic rings. The zero-order valence-electron chi connectivity index (χ0n) is 12.5. The van der Waals surface area contributed by atoms with Gasteiger partial charge in [-0.1, -0.05) is 63.6 Å². The van der Waals surface area contributed by atoms with E-state index in [0.29, 0.717) is 12.0 Å². The maximum absolute atomic E-state index is 11.2. The molecule has 0 unspecified atom stereocenters. The van der Waals surface area contributed by atoms with Crippen LogP contribution in [0, 0.1) is 0 Å². The first-order chi connectivity index (χ1) is 10.1. The van der Waals surface area contributed by atoms with Crippen LogP contribution in [0.3, 0.4) is 0 Å². The molecule has 0 bridgehead atoms. The van der Waals surface area contributed by atoms with Crippen LogP contribution in [0.5, 0.6) is 0 Å². The predicted octanol–water partition coefficient (Wildman–Crippen LogP) is 1.71. The standard InChI is InChI=1S/C17H24O4/c1-2-3-4-5-6-7-8-10-13-11-9-12-14(16(18)19)15(13)17(20)21/h9,11-12H,2-8,10H2,1H3,(H,18,19)(H,20,21)/p-2. The molecule has 1 aromatic rings. The lowest BCUT2D eigenvalue weighted by molar-refractivity contribution is -0.259. The van der Waals surface area contributed by atoms with Gasteiger partial charge in [0.15, 0.2) is 0 Å². The van der Waals surface area contributed by atoms with Crippen LogP contribution in [0.2, 0.25) is 0 Å². The summed E-state index contributed by atoms with van der Waals surface area (Å²) in [5.74, 6) is -2.93. The summed E-state index contributed by atoms with van der Waals surface area (Å²) in [5, 5.41) is 22.1. The molecule has 116 valence electrons. The molecule has 0 saturated heterocycles. The fraction of sp³-hybridized carbons (Fsp3) is 0.529. The number of aromatic carboxylic acids is 2.